The zero-order chi connectivity index (χ0) is 7.61. The zero-order valence-electron chi connectivity index (χ0n) is 6.22. The molecular weight excluding hydrogens is 130 g/mol. The third kappa shape index (κ3) is 1.99. The average molecular weight is 143 g/mol. The molecule has 0 amide bonds. The Labute approximate surface area is 60.5 Å². The summed E-state index contributed by atoms with van der Waals surface area (Å²) in [5.74, 6) is -0.156. The van der Waals surface area contributed by atoms with E-state index in [4.69, 9.17) is 5.73 Å². The van der Waals surface area contributed by atoms with Crippen LogP contribution in [-0.2, 0) is 9.53 Å². The number of ether oxygens (including phenoxy) is 1. The third-order valence-corrected chi connectivity index (χ3v) is 1.95. The van der Waals surface area contributed by atoms with Crippen LogP contribution in [0.1, 0.15) is 25.7 Å². The normalized spacial score (nSPS) is 20.2. The van der Waals surface area contributed by atoms with Crippen molar-refractivity contribution in [2.75, 3.05) is 7.11 Å². The highest BCUT2D eigenvalue weighted by atomic mass is 16.5. The third-order valence-electron chi connectivity index (χ3n) is 1.95. The molecule has 1 aliphatic carbocycles. The van der Waals surface area contributed by atoms with Gasteiger partial charge in [0.25, 0.3) is 0 Å². The van der Waals surface area contributed by atoms with Crippen molar-refractivity contribution in [1.82, 2.24) is 0 Å². The van der Waals surface area contributed by atoms with Gasteiger partial charge in [-0.3, -0.25) is 4.79 Å². The molecule has 58 valence electrons. The van der Waals surface area contributed by atoms with Crippen LogP contribution in [0.15, 0.2) is 0 Å². The Bertz CT molecular complexity index is 141. The van der Waals surface area contributed by atoms with E-state index in [2.05, 4.69) is 4.74 Å². The Morgan fingerprint density at radius 1 is 1.70 bits per heavy atom. The van der Waals surface area contributed by atoms with Gasteiger partial charge in [-0.1, -0.05) is 0 Å². The highest BCUT2D eigenvalue weighted by Crippen LogP contribution is 2.36. The monoisotopic (exact) mass is 143 g/mol. The molecule has 0 radical (unpaired) electrons. The first kappa shape index (κ1) is 7.54. The summed E-state index contributed by atoms with van der Waals surface area (Å²) in [4.78, 5) is 10.6. The van der Waals surface area contributed by atoms with E-state index in [1.165, 1.54) is 7.11 Å². The lowest BCUT2D eigenvalue weighted by Gasteiger charge is -2.05. The lowest BCUT2D eigenvalue weighted by Crippen LogP contribution is -2.22. The van der Waals surface area contributed by atoms with Gasteiger partial charge in [-0.2, -0.15) is 0 Å². The molecule has 0 aromatic heterocycles. The maximum Gasteiger partial charge on any atom is 0.305 e. The van der Waals surface area contributed by atoms with Crippen LogP contribution in [0.2, 0.25) is 0 Å². The largest absolute Gasteiger partial charge is 0.469 e. The van der Waals surface area contributed by atoms with Crippen LogP contribution >= 0.6 is 0 Å². The lowest BCUT2D eigenvalue weighted by atomic mass is 10.1. The summed E-state index contributed by atoms with van der Waals surface area (Å²) in [5, 5.41) is 0. The minimum Gasteiger partial charge on any atom is -0.469 e. The number of hydrogen-bond donors (Lipinski definition) is 1. The second-order valence-corrected chi connectivity index (χ2v) is 2.94. The van der Waals surface area contributed by atoms with Crippen LogP contribution in [0, 0.1) is 0 Å². The zero-order valence-corrected chi connectivity index (χ0v) is 6.22. The van der Waals surface area contributed by atoms with Gasteiger partial charge in [0.05, 0.1) is 7.11 Å². The molecule has 0 aromatic rings. The van der Waals surface area contributed by atoms with Gasteiger partial charge in [0.2, 0.25) is 0 Å². The Morgan fingerprint density at radius 2 is 2.30 bits per heavy atom. The number of hydrogen-bond acceptors (Lipinski definition) is 3. The van der Waals surface area contributed by atoms with Crippen LogP contribution in [-0.4, -0.2) is 18.6 Å². The molecule has 1 aliphatic rings. The van der Waals surface area contributed by atoms with E-state index in [1.807, 2.05) is 0 Å². The second kappa shape index (κ2) is 2.58. The van der Waals surface area contributed by atoms with E-state index in [-0.39, 0.29) is 11.5 Å². The first-order valence-electron chi connectivity index (χ1n) is 3.52. The van der Waals surface area contributed by atoms with Gasteiger partial charge < -0.3 is 10.5 Å². The summed E-state index contributed by atoms with van der Waals surface area (Å²) in [7, 11) is 1.40. The van der Waals surface area contributed by atoms with Crippen molar-refractivity contribution in [3.63, 3.8) is 0 Å². The molecule has 2 N–H and O–H groups in total. The lowest BCUT2D eigenvalue weighted by molar-refractivity contribution is -0.140. The van der Waals surface area contributed by atoms with Crippen molar-refractivity contribution in [1.29, 1.82) is 0 Å². The maximum absolute atomic E-state index is 10.6. The van der Waals surface area contributed by atoms with Crippen molar-refractivity contribution in [3.05, 3.63) is 0 Å². The first-order chi connectivity index (χ1) is 4.66. The molecule has 0 spiro atoms. The molecule has 10 heavy (non-hydrogen) atoms. The van der Waals surface area contributed by atoms with E-state index in [0.29, 0.717) is 6.42 Å². The van der Waals surface area contributed by atoms with Crippen LogP contribution in [0.5, 0.6) is 0 Å². The average Bonchev–Trinajstić information content (AvgIpc) is 2.64. The molecule has 0 saturated heterocycles. The first-order valence-corrected chi connectivity index (χ1v) is 3.52. The number of carbonyl (C=O) groups is 1. The summed E-state index contributed by atoms with van der Waals surface area (Å²) in [5.41, 5.74) is 5.72. The van der Waals surface area contributed by atoms with E-state index >= 15 is 0 Å². The molecule has 0 aromatic carbocycles. The van der Waals surface area contributed by atoms with Gasteiger partial charge in [0.15, 0.2) is 0 Å². The number of methoxy groups -OCH3 is 1. The standard InChI is InChI=1S/C7H13NO2/c1-10-6(9)2-3-7(8)4-5-7/h2-5,8H2,1H3. The van der Waals surface area contributed by atoms with Crippen LogP contribution in [0.4, 0.5) is 0 Å². The van der Waals surface area contributed by atoms with Gasteiger partial charge in [-0.15, -0.1) is 0 Å². The summed E-state index contributed by atoms with van der Waals surface area (Å²) in [6.45, 7) is 0. The smallest absolute Gasteiger partial charge is 0.305 e. The van der Waals surface area contributed by atoms with Crippen LogP contribution < -0.4 is 5.73 Å². The number of rotatable bonds is 3. The molecule has 1 saturated carbocycles. The van der Waals surface area contributed by atoms with Crippen molar-refractivity contribution in [2.24, 2.45) is 5.73 Å². The minimum atomic E-state index is -0.156. The fraction of sp³-hybridized carbons (Fsp3) is 0.857. The van der Waals surface area contributed by atoms with Gasteiger partial charge in [-0.25, -0.2) is 0 Å². The minimum absolute atomic E-state index is 0.0197. The Morgan fingerprint density at radius 3 is 2.70 bits per heavy atom. The molecule has 3 heteroatoms. The predicted octanol–water partition coefficient (Wildman–Crippen LogP) is 0.431. The summed E-state index contributed by atoms with van der Waals surface area (Å²) in [6.07, 6.45) is 3.36. The van der Waals surface area contributed by atoms with Crippen LogP contribution in [0.3, 0.4) is 0 Å². The molecule has 0 atom stereocenters. The second-order valence-electron chi connectivity index (χ2n) is 2.94. The molecule has 3 nitrogen and oxygen atoms in total. The number of nitrogens with two attached hydrogens (primary N) is 1. The van der Waals surface area contributed by atoms with E-state index in [9.17, 15) is 4.79 Å². The molecule has 1 fully saturated rings. The molecule has 0 aliphatic heterocycles. The van der Waals surface area contributed by atoms with Gasteiger partial charge >= 0.3 is 5.97 Å². The maximum atomic E-state index is 10.6. The van der Waals surface area contributed by atoms with Gasteiger partial charge in [0.1, 0.15) is 0 Å². The molecule has 0 unspecified atom stereocenters. The molecule has 1 rings (SSSR count). The van der Waals surface area contributed by atoms with E-state index in [0.717, 1.165) is 19.3 Å². The quantitative estimate of drug-likeness (QED) is 0.583. The van der Waals surface area contributed by atoms with Crippen molar-refractivity contribution >= 4 is 5.97 Å². The Balaban J connectivity index is 2.10. The predicted molar refractivity (Wildman–Crippen MR) is 37.4 cm³/mol. The Hall–Kier alpha value is -0.570. The summed E-state index contributed by atoms with van der Waals surface area (Å²) >= 11 is 0. The van der Waals surface area contributed by atoms with E-state index in [1.54, 1.807) is 0 Å². The van der Waals surface area contributed by atoms with Gasteiger partial charge in [-0.05, 0) is 19.3 Å². The molecule has 0 bridgehead atoms. The fourth-order valence-corrected chi connectivity index (χ4v) is 0.864. The molecular formula is C7H13NO2. The Kier molecular flexibility index (Phi) is 1.94. The van der Waals surface area contributed by atoms with Crippen LogP contribution in [0.25, 0.3) is 0 Å². The van der Waals surface area contributed by atoms with Crippen molar-refractivity contribution in [3.8, 4) is 0 Å². The topological polar surface area (TPSA) is 52.3 Å². The van der Waals surface area contributed by atoms with Crippen molar-refractivity contribution < 1.29 is 9.53 Å². The SMILES string of the molecule is COC(=O)CCC1(N)CC1. The number of esters is 1. The fourth-order valence-electron chi connectivity index (χ4n) is 0.864. The highest BCUT2D eigenvalue weighted by Gasteiger charge is 2.37. The summed E-state index contributed by atoms with van der Waals surface area (Å²) < 4.78 is 4.48. The van der Waals surface area contributed by atoms with Crippen molar-refractivity contribution in [2.45, 2.75) is 31.2 Å². The number of carbonyl (C=O) groups excluding carboxylic acids is 1. The highest BCUT2D eigenvalue weighted by molar-refractivity contribution is 5.69. The van der Waals surface area contributed by atoms with E-state index < -0.39 is 0 Å². The van der Waals surface area contributed by atoms with Gasteiger partial charge in [0, 0.05) is 12.0 Å². The summed E-state index contributed by atoms with van der Waals surface area (Å²) in [6, 6.07) is 0. The molecule has 0 heterocycles.